The van der Waals surface area contributed by atoms with E-state index >= 15 is 0 Å². The van der Waals surface area contributed by atoms with Crippen LogP contribution in [0, 0.1) is 5.82 Å². The Labute approximate surface area is 189 Å². The summed E-state index contributed by atoms with van der Waals surface area (Å²) in [6.45, 7) is 3.03. The summed E-state index contributed by atoms with van der Waals surface area (Å²) in [6, 6.07) is 11.3. The minimum absolute atomic E-state index is 0.194. The Morgan fingerprint density at radius 3 is 2.66 bits per heavy atom. The number of halogens is 1. The van der Waals surface area contributed by atoms with Crippen molar-refractivity contribution in [1.29, 1.82) is 0 Å². The summed E-state index contributed by atoms with van der Waals surface area (Å²) >= 11 is 1.50. The van der Waals surface area contributed by atoms with Crippen LogP contribution in [0.1, 0.15) is 18.2 Å². The molecule has 0 radical (unpaired) electrons. The summed E-state index contributed by atoms with van der Waals surface area (Å²) in [4.78, 5) is 21.5. The molecule has 9 heteroatoms. The number of anilines is 1. The average molecular weight is 451 g/mol. The van der Waals surface area contributed by atoms with Crippen LogP contribution in [0.2, 0.25) is 0 Å². The minimum Gasteiger partial charge on any atom is -0.310 e. The summed E-state index contributed by atoms with van der Waals surface area (Å²) < 4.78 is 15.1. The van der Waals surface area contributed by atoms with E-state index in [0.29, 0.717) is 25.3 Å². The molecule has 0 saturated carbocycles. The molecule has 0 unspecified atom stereocenters. The van der Waals surface area contributed by atoms with E-state index in [1.807, 2.05) is 30.5 Å². The Morgan fingerprint density at radius 2 is 1.97 bits per heavy atom. The third-order valence-corrected chi connectivity index (χ3v) is 5.62. The van der Waals surface area contributed by atoms with Gasteiger partial charge in [0.1, 0.15) is 11.6 Å². The summed E-state index contributed by atoms with van der Waals surface area (Å²) in [5, 5.41) is 12.8. The van der Waals surface area contributed by atoms with Crippen LogP contribution < -0.4 is 10.6 Å². The lowest BCUT2D eigenvalue weighted by Gasteiger charge is -2.18. The molecule has 3 aromatic heterocycles. The summed E-state index contributed by atoms with van der Waals surface area (Å²) in [7, 11) is 0. The lowest BCUT2D eigenvalue weighted by Crippen LogP contribution is -2.42. The van der Waals surface area contributed by atoms with Crippen molar-refractivity contribution in [2.75, 3.05) is 5.32 Å². The van der Waals surface area contributed by atoms with E-state index in [1.165, 1.54) is 23.5 Å². The molecule has 1 amide bonds. The first-order valence-corrected chi connectivity index (χ1v) is 11.2. The fourth-order valence-electron chi connectivity index (χ4n) is 3.30. The first kappa shape index (κ1) is 21.8. The molecule has 1 atom stereocenters. The second-order valence-corrected chi connectivity index (χ2v) is 7.92. The smallest absolute Gasteiger partial charge is 0.243 e. The van der Waals surface area contributed by atoms with Gasteiger partial charge in [0, 0.05) is 42.5 Å². The predicted molar refractivity (Wildman–Crippen MR) is 123 cm³/mol. The molecule has 164 valence electrons. The highest BCUT2D eigenvalue weighted by Gasteiger charge is 2.21. The first-order valence-electron chi connectivity index (χ1n) is 10.3. The number of nitrogens with zero attached hydrogens (tertiary/aromatic N) is 4. The maximum Gasteiger partial charge on any atom is 0.243 e. The van der Waals surface area contributed by atoms with Crippen LogP contribution in [0.15, 0.2) is 65.7 Å². The predicted octanol–water partition coefficient (Wildman–Crippen LogP) is 3.90. The van der Waals surface area contributed by atoms with Gasteiger partial charge in [-0.2, -0.15) is 5.10 Å². The molecule has 4 aromatic rings. The van der Waals surface area contributed by atoms with Crippen LogP contribution in [0.4, 0.5) is 10.2 Å². The number of aromatic nitrogens is 4. The van der Waals surface area contributed by atoms with Crippen molar-refractivity contribution in [3.63, 3.8) is 0 Å². The topological polar surface area (TPSA) is 84.7 Å². The number of benzene rings is 1. The van der Waals surface area contributed by atoms with E-state index in [0.717, 1.165) is 22.5 Å². The van der Waals surface area contributed by atoms with Gasteiger partial charge in [-0.3, -0.25) is 15.1 Å². The van der Waals surface area contributed by atoms with Crippen LogP contribution in [0.5, 0.6) is 0 Å². The Kier molecular flexibility index (Phi) is 6.98. The zero-order valence-electron chi connectivity index (χ0n) is 17.5. The van der Waals surface area contributed by atoms with Crippen LogP contribution in [-0.4, -0.2) is 31.7 Å². The third kappa shape index (κ3) is 5.43. The number of amides is 1. The van der Waals surface area contributed by atoms with Gasteiger partial charge in [-0.05, 0) is 43.2 Å². The van der Waals surface area contributed by atoms with Gasteiger partial charge in [-0.15, -0.1) is 11.3 Å². The zero-order chi connectivity index (χ0) is 22.3. The molecule has 0 aliphatic rings. The largest absolute Gasteiger partial charge is 0.310 e. The monoisotopic (exact) mass is 450 g/mol. The molecule has 0 spiro atoms. The maximum atomic E-state index is 13.3. The molecular formula is C23H23FN6OS. The second-order valence-electron chi connectivity index (χ2n) is 7.20. The van der Waals surface area contributed by atoms with E-state index in [9.17, 15) is 9.18 Å². The van der Waals surface area contributed by atoms with Crippen molar-refractivity contribution < 1.29 is 9.18 Å². The maximum absolute atomic E-state index is 13.3. The van der Waals surface area contributed by atoms with Crippen LogP contribution >= 0.6 is 11.3 Å². The van der Waals surface area contributed by atoms with E-state index in [-0.39, 0.29) is 11.7 Å². The molecule has 1 aromatic carbocycles. The van der Waals surface area contributed by atoms with Crippen molar-refractivity contribution >= 4 is 23.1 Å². The van der Waals surface area contributed by atoms with Gasteiger partial charge in [-0.25, -0.2) is 14.1 Å². The highest BCUT2D eigenvalue weighted by atomic mass is 32.1. The average Bonchev–Trinajstić information content (AvgIpc) is 3.48. The van der Waals surface area contributed by atoms with E-state index < -0.39 is 6.04 Å². The molecule has 0 fully saturated rings. The molecule has 0 aliphatic heterocycles. The number of hydrogen-bond acceptors (Lipinski definition) is 6. The van der Waals surface area contributed by atoms with Gasteiger partial charge in [0.05, 0.1) is 22.9 Å². The van der Waals surface area contributed by atoms with Crippen LogP contribution in [0.3, 0.4) is 0 Å². The number of carbonyl (C=O) groups excluding carboxylic acids is 1. The fraction of sp³-hybridized carbons (Fsp3) is 0.217. The number of rotatable bonds is 9. The second kappa shape index (κ2) is 10.3. The van der Waals surface area contributed by atoms with Crippen molar-refractivity contribution in [2.45, 2.75) is 32.5 Å². The number of pyridine rings is 1. The van der Waals surface area contributed by atoms with Crippen LogP contribution in [-0.2, 0) is 24.3 Å². The van der Waals surface area contributed by atoms with Crippen molar-refractivity contribution in [3.05, 3.63) is 82.8 Å². The third-order valence-electron chi connectivity index (χ3n) is 4.99. The number of carbonyl (C=O) groups is 1. The molecule has 3 heterocycles. The molecule has 2 N–H and O–H groups in total. The highest BCUT2D eigenvalue weighted by molar-refractivity contribution is 7.07. The molecule has 0 bridgehead atoms. The van der Waals surface area contributed by atoms with Gasteiger partial charge in [0.2, 0.25) is 5.91 Å². The first-order chi connectivity index (χ1) is 15.6. The van der Waals surface area contributed by atoms with Crippen molar-refractivity contribution in [3.8, 4) is 11.3 Å². The van der Waals surface area contributed by atoms with Crippen molar-refractivity contribution in [2.24, 2.45) is 0 Å². The van der Waals surface area contributed by atoms with Gasteiger partial charge < -0.3 is 5.32 Å². The SMILES string of the molecule is CCn1nc(-c2ccncc2)cc1NC(=O)[C@H](Cc1ccc(F)cc1)NCc1cscn1. The summed E-state index contributed by atoms with van der Waals surface area (Å²) in [6.07, 6.45) is 3.83. The standard InChI is InChI=1S/C23H23FN6OS/c1-2-30-22(12-20(29-30)17-7-9-25-10-8-17)28-23(31)21(26-13-19-14-32-15-27-19)11-16-3-5-18(24)6-4-16/h3-10,12,14-15,21,26H,2,11,13H2,1H3,(H,28,31)/t21-/m0/s1. The molecule has 32 heavy (non-hydrogen) atoms. The summed E-state index contributed by atoms with van der Waals surface area (Å²) in [5.74, 6) is 0.116. The van der Waals surface area contributed by atoms with Gasteiger partial charge in [0.25, 0.3) is 0 Å². The lowest BCUT2D eigenvalue weighted by molar-refractivity contribution is -0.118. The number of thiazole rings is 1. The van der Waals surface area contributed by atoms with E-state index in [1.54, 1.807) is 34.7 Å². The van der Waals surface area contributed by atoms with E-state index in [2.05, 4.69) is 25.7 Å². The Bertz CT molecular complexity index is 1150. The molecule has 0 saturated heterocycles. The highest BCUT2D eigenvalue weighted by Crippen LogP contribution is 2.21. The molecular weight excluding hydrogens is 427 g/mol. The van der Waals surface area contributed by atoms with Gasteiger partial charge in [0.15, 0.2) is 0 Å². The van der Waals surface area contributed by atoms with Gasteiger partial charge in [-0.1, -0.05) is 12.1 Å². The van der Waals surface area contributed by atoms with Crippen molar-refractivity contribution in [1.82, 2.24) is 25.1 Å². The summed E-state index contributed by atoms with van der Waals surface area (Å²) in [5.41, 5.74) is 5.17. The Balaban J connectivity index is 1.53. The zero-order valence-corrected chi connectivity index (χ0v) is 18.3. The Hall–Kier alpha value is -3.43. The van der Waals surface area contributed by atoms with E-state index in [4.69, 9.17) is 0 Å². The lowest BCUT2D eigenvalue weighted by atomic mass is 10.0. The van der Waals surface area contributed by atoms with Crippen LogP contribution in [0.25, 0.3) is 11.3 Å². The molecule has 4 rings (SSSR count). The number of hydrogen-bond donors (Lipinski definition) is 2. The normalized spacial score (nSPS) is 11.9. The quantitative estimate of drug-likeness (QED) is 0.404. The molecule has 0 aliphatic carbocycles. The number of aryl methyl sites for hydroxylation is 1. The Morgan fingerprint density at radius 1 is 1.19 bits per heavy atom. The number of nitrogens with one attached hydrogen (secondary N) is 2. The fourth-order valence-corrected chi connectivity index (χ4v) is 3.86. The van der Waals surface area contributed by atoms with Gasteiger partial charge >= 0.3 is 0 Å². The minimum atomic E-state index is -0.535. The molecule has 7 nitrogen and oxygen atoms in total.